The number of unbranched alkanes of at least 4 members (excludes halogenated alkanes) is 1. The molecule has 6 heteroatoms. The predicted molar refractivity (Wildman–Crippen MR) is 134 cm³/mol. The molecule has 0 radical (unpaired) electrons. The number of thiazole rings is 1. The number of hydrogen-bond donors (Lipinski definition) is 2. The number of nitrogens with zero attached hydrogens (tertiary/aromatic N) is 2. The Hall–Kier alpha value is -2.70. The number of aryl methyl sites for hydroxylation is 1. The normalized spacial score (nSPS) is 12.8. The molecule has 0 aliphatic rings. The number of nitrogens with one attached hydrogen (secondary N) is 1. The summed E-state index contributed by atoms with van der Waals surface area (Å²) in [7, 11) is 0. The maximum atomic E-state index is 13.4. The van der Waals surface area contributed by atoms with Gasteiger partial charge in [0.2, 0.25) is 5.91 Å². The molecule has 32 heavy (non-hydrogen) atoms. The average Bonchev–Trinajstić information content (AvgIpc) is 3.18. The van der Waals surface area contributed by atoms with E-state index in [1.807, 2.05) is 30.3 Å². The van der Waals surface area contributed by atoms with Crippen molar-refractivity contribution in [2.45, 2.75) is 46.1 Å². The van der Waals surface area contributed by atoms with Gasteiger partial charge in [-0.05, 0) is 61.9 Å². The monoisotopic (exact) mass is 450 g/mol. The lowest BCUT2D eigenvalue weighted by Crippen LogP contribution is -2.37. The van der Waals surface area contributed by atoms with Crippen molar-refractivity contribution in [2.75, 3.05) is 13.1 Å². The molecular formula is C26H34N4OS. The minimum atomic E-state index is -0.335. The number of aromatic nitrogens is 1. The number of amides is 1. The third kappa shape index (κ3) is 6.40. The second kappa shape index (κ2) is 11.8. The summed E-state index contributed by atoms with van der Waals surface area (Å²) in [4.78, 5) is 19.2. The fourth-order valence-electron chi connectivity index (χ4n) is 3.71. The highest BCUT2D eigenvalue weighted by Crippen LogP contribution is 2.27. The zero-order valence-electron chi connectivity index (χ0n) is 19.3. The van der Waals surface area contributed by atoms with Crippen LogP contribution in [0.2, 0.25) is 0 Å². The van der Waals surface area contributed by atoms with Gasteiger partial charge >= 0.3 is 0 Å². The fraction of sp³-hybridized carbons (Fsp3) is 0.385. The number of nitrogens with two attached hydrogens (primary N) is 1. The van der Waals surface area contributed by atoms with Crippen LogP contribution in [0.1, 0.15) is 44.7 Å². The largest absolute Gasteiger partial charge is 0.354 e. The van der Waals surface area contributed by atoms with E-state index in [4.69, 9.17) is 10.7 Å². The molecule has 3 aromatic rings. The van der Waals surface area contributed by atoms with Gasteiger partial charge in [-0.3, -0.25) is 4.79 Å². The van der Waals surface area contributed by atoms with Crippen LogP contribution in [0.3, 0.4) is 0 Å². The van der Waals surface area contributed by atoms with Crippen molar-refractivity contribution in [1.82, 2.24) is 9.88 Å². The molecule has 3 N–H and O–H groups in total. The number of rotatable bonds is 10. The van der Waals surface area contributed by atoms with E-state index in [1.54, 1.807) is 11.3 Å². The van der Waals surface area contributed by atoms with Gasteiger partial charge in [0.15, 0.2) is 4.80 Å². The molecule has 1 aromatic heterocycles. The quantitative estimate of drug-likeness (QED) is 0.417. The number of carbonyl (C=O) groups is 1. The van der Waals surface area contributed by atoms with Gasteiger partial charge in [-0.25, -0.2) is 4.99 Å². The van der Waals surface area contributed by atoms with E-state index < -0.39 is 0 Å². The lowest BCUT2D eigenvalue weighted by atomic mass is 10.0. The Kier molecular flexibility index (Phi) is 8.82. The summed E-state index contributed by atoms with van der Waals surface area (Å²) in [5, 5.41) is 5.25. The van der Waals surface area contributed by atoms with Crippen LogP contribution in [0.4, 0.5) is 5.69 Å². The number of carbonyl (C=O) groups excluding carboxylic acids is 1. The van der Waals surface area contributed by atoms with Gasteiger partial charge in [0.25, 0.3) is 0 Å². The highest BCUT2D eigenvalue weighted by atomic mass is 32.1. The molecule has 2 aromatic carbocycles. The van der Waals surface area contributed by atoms with Crippen molar-refractivity contribution in [3.05, 3.63) is 70.3 Å². The molecule has 0 spiro atoms. The first-order valence-electron chi connectivity index (χ1n) is 11.3. The molecule has 1 atom stereocenters. The Bertz CT molecular complexity index is 1070. The van der Waals surface area contributed by atoms with Crippen LogP contribution in [0, 0.1) is 12.8 Å². The number of benzene rings is 2. The third-order valence-corrected chi connectivity index (χ3v) is 6.12. The molecule has 3 rings (SSSR count). The molecular weight excluding hydrogens is 416 g/mol. The van der Waals surface area contributed by atoms with Crippen molar-refractivity contribution in [1.29, 1.82) is 0 Å². The smallest absolute Gasteiger partial charge is 0.243 e. The maximum absolute atomic E-state index is 13.4. The van der Waals surface area contributed by atoms with Crippen LogP contribution in [-0.4, -0.2) is 23.6 Å². The van der Waals surface area contributed by atoms with Gasteiger partial charge in [0.1, 0.15) is 6.04 Å². The van der Waals surface area contributed by atoms with E-state index in [1.165, 1.54) is 0 Å². The summed E-state index contributed by atoms with van der Waals surface area (Å²) >= 11 is 1.58. The van der Waals surface area contributed by atoms with Crippen LogP contribution < -0.4 is 15.9 Å². The highest BCUT2D eigenvalue weighted by molar-refractivity contribution is 7.07. The first-order valence-corrected chi connectivity index (χ1v) is 12.2. The molecule has 0 saturated heterocycles. The SMILES string of the molecule is Cc1cccc(N=c2scc(-c3ccccc3)n2[C@H](CC(C)C)C(=O)NCCCCN)c1. The zero-order chi connectivity index (χ0) is 22.9. The molecule has 0 saturated carbocycles. The van der Waals surface area contributed by atoms with Crippen LogP contribution >= 0.6 is 11.3 Å². The fourth-order valence-corrected chi connectivity index (χ4v) is 4.67. The van der Waals surface area contributed by atoms with Crippen molar-refractivity contribution < 1.29 is 4.79 Å². The van der Waals surface area contributed by atoms with Gasteiger partial charge in [-0.2, -0.15) is 0 Å². The summed E-state index contributed by atoms with van der Waals surface area (Å²) in [6.45, 7) is 7.65. The predicted octanol–water partition coefficient (Wildman–Crippen LogP) is 5.20. The van der Waals surface area contributed by atoms with Crippen molar-refractivity contribution >= 4 is 22.9 Å². The lowest BCUT2D eigenvalue weighted by Gasteiger charge is -2.23. The molecule has 0 unspecified atom stereocenters. The van der Waals surface area contributed by atoms with Crippen molar-refractivity contribution in [3.63, 3.8) is 0 Å². The molecule has 0 aliphatic carbocycles. The molecule has 0 aliphatic heterocycles. The zero-order valence-corrected chi connectivity index (χ0v) is 20.1. The average molecular weight is 451 g/mol. The molecule has 0 fully saturated rings. The Labute approximate surface area is 195 Å². The Morgan fingerprint density at radius 1 is 1.12 bits per heavy atom. The van der Waals surface area contributed by atoms with E-state index in [9.17, 15) is 4.79 Å². The topological polar surface area (TPSA) is 72.4 Å². The molecule has 5 nitrogen and oxygen atoms in total. The van der Waals surface area contributed by atoms with Gasteiger partial charge in [0, 0.05) is 11.9 Å². The summed E-state index contributed by atoms with van der Waals surface area (Å²) < 4.78 is 2.13. The first kappa shape index (κ1) is 24.0. The molecule has 170 valence electrons. The van der Waals surface area contributed by atoms with E-state index >= 15 is 0 Å². The maximum Gasteiger partial charge on any atom is 0.243 e. The van der Waals surface area contributed by atoms with E-state index in [-0.39, 0.29) is 11.9 Å². The van der Waals surface area contributed by atoms with Gasteiger partial charge in [-0.15, -0.1) is 11.3 Å². The van der Waals surface area contributed by atoms with Crippen LogP contribution in [0.25, 0.3) is 11.3 Å². The first-order chi connectivity index (χ1) is 15.5. The van der Waals surface area contributed by atoms with Gasteiger partial charge < -0.3 is 15.6 Å². The minimum Gasteiger partial charge on any atom is -0.354 e. The second-order valence-electron chi connectivity index (χ2n) is 8.52. The Morgan fingerprint density at radius 2 is 1.91 bits per heavy atom. The van der Waals surface area contributed by atoms with Crippen LogP contribution in [0.15, 0.2) is 65.0 Å². The minimum absolute atomic E-state index is 0.0389. The van der Waals surface area contributed by atoms with E-state index in [0.717, 1.165) is 46.6 Å². The highest BCUT2D eigenvalue weighted by Gasteiger charge is 2.25. The summed E-state index contributed by atoms with van der Waals surface area (Å²) in [5.41, 5.74) is 9.77. The van der Waals surface area contributed by atoms with Crippen LogP contribution in [0.5, 0.6) is 0 Å². The Morgan fingerprint density at radius 3 is 2.59 bits per heavy atom. The lowest BCUT2D eigenvalue weighted by molar-refractivity contribution is -0.124. The molecule has 1 amide bonds. The van der Waals surface area contributed by atoms with Gasteiger partial charge in [0.05, 0.1) is 11.4 Å². The Balaban J connectivity index is 2.10. The number of hydrogen-bond acceptors (Lipinski definition) is 4. The summed E-state index contributed by atoms with van der Waals surface area (Å²) in [6, 6.07) is 18.0. The van der Waals surface area contributed by atoms with Crippen molar-refractivity contribution in [2.24, 2.45) is 16.6 Å². The standard InChI is InChI=1S/C26H34N4OS/c1-19(2)16-23(25(31)28-15-8-7-14-27)30-24(21-11-5-4-6-12-21)18-32-26(30)29-22-13-9-10-20(3)17-22/h4-6,9-13,17-19,23H,7-8,14-16,27H2,1-3H3,(H,28,31)/t23-/m1/s1. The van der Waals surface area contributed by atoms with Crippen molar-refractivity contribution in [3.8, 4) is 11.3 Å². The molecule has 0 bridgehead atoms. The van der Waals surface area contributed by atoms with E-state index in [0.29, 0.717) is 19.0 Å². The van der Waals surface area contributed by atoms with Crippen LogP contribution in [-0.2, 0) is 4.79 Å². The summed E-state index contributed by atoms with van der Waals surface area (Å²) in [5.74, 6) is 0.398. The van der Waals surface area contributed by atoms with E-state index in [2.05, 4.69) is 60.3 Å². The summed E-state index contributed by atoms with van der Waals surface area (Å²) in [6.07, 6.45) is 2.53. The van der Waals surface area contributed by atoms with Gasteiger partial charge in [-0.1, -0.05) is 56.3 Å². The molecule has 1 heterocycles. The second-order valence-corrected chi connectivity index (χ2v) is 9.36. The third-order valence-electron chi connectivity index (χ3n) is 5.28.